The minimum atomic E-state index is -0.890. The van der Waals surface area contributed by atoms with E-state index in [9.17, 15) is 4.79 Å². The molecule has 1 amide bonds. The Hall–Kier alpha value is -2.49. The maximum atomic E-state index is 11.1. The fraction of sp³-hybridized carbons (Fsp3) is 0.235. The van der Waals surface area contributed by atoms with Crippen LogP contribution < -0.4 is 5.32 Å². The molecule has 0 unspecified atom stereocenters. The SMILES string of the molecule is CCN(Cc1cccc(Nc2ccccc2)c1C)C(=O)O. The number of carbonyl (C=O) groups is 1. The zero-order valence-electron chi connectivity index (χ0n) is 12.3. The number of nitrogens with zero attached hydrogens (tertiary/aromatic N) is 1. The number of carboxylic acid groups (broad SMARTS) is 1. The second-order valence-electron chi connectivity index (χ2n) is 4.88. The maximum Gasteiger partial charge on any atom is 0.407 e. The van der Waals surface area contributed by atoms with E-state index in [1.165, 1.54) is 4.90 Å². The average Bonchev–Trinajstić information content (AvgIpc) is 2.49. The summed E-state index contributed by atoms with van der Waals surface area (Å²) >= 11 is 0. The van der Waals surface area contributed by atoms with Crippen molar-refractivity contribution in [3.63, 3.8) is 0 Å². The van der Waals surface area contributed by atoms with Crippen LogP contribution in [0.1, 0.15) is 18.1 Å². The van der Waals surface area contributed by atoms with Crippen LogP contribution in [0.15, 0.2) is 48.5 Å². The number of rotatable bonds is 5. The Morgan fingerprint density at radius 1 is 1.14 bits per heavy atom. The number of para-hydroxylation sites is 1. The Morgan fingerprint density at radius 3 is 2.48 bits per heavy atom. The molecule has 21 heavy (non-hydrogen) atoms. The fourth-order valence-corrected chi connectivity index (χ4v) is 2.19. The fourth-order valence-electron chi connectivity index (χ4n) is 2.19. The molecule has 0 radical (unpaired) electrons. The van der Waals surface area contributed by atoms with E-state index >= 15 is 0 Å². The number of hydrogen-bond donors (Lipinski definition) is 2. The summed E-state index contributed by atoms with van der Waals surface area (Å²) in [7, 11) is 0. The van der Waals surface area contributed by atoms with Gasteiger partial charge in [-0.1, -0.05) is 30.3 Å². The van der Waals surface area contributed by atoms with Gasteiger partial charge in [-0.15, -0.1) is 0 Å². The van der Waals surface area contributed by atoms with Crippen molar-refractivity contribution >= 4 is 17.5 Å². The summed E-state index contributed by atoms with van der Waals surface area (Å²) < 4.78 is 0. The van der Waals surface area contributed by atoms with Gasteiger partial charge in [-0.05, 0) is 43.2 Å². The van der Waals surface area contributed by atoms with E-state index in [0.717, 1.165) is 22.5 Å². The van der Waals surface area contributed by atoms with Crippen molar-refractivity contribution in [3.8, 4) is 0 Å². The summed E-state index contributed by atoms with van der Waals surface area (Å²) in [5, 5.41) is 12.5. The highest BCUT2D eigenvalue weighted by Crippen LogP contribution is 2.24. The second-order valence-corrected chi connectivity index (χ2v) is 4.88. The van der Waals surface area contributed by atoms with Crippen molar-refractivity contribution in [1.29, 1.82) is 0 Å². The van der Waals surface area contributed by atoms with Crippen LogP contribution in [0.25, 0.3) is 0 Å². The molecule has 0 saturated carbocycles. The number of anilines is 2. The molecule has 110 valence electrons. The van der Waals surface area contributed by atoms with Gasteiger partial charge in [0.05, 0.1) is 0 Å². The molecule has 4 nitrogen and oxygen atoms in total. The zero-order valence-corrected chi connectivity index (χ0v) is 12.3. The third-order valence-electron chi connectivity index (χ3n) is 3.51. The Labute approximate surface area is 125 Å². The number of amides is 1. The average molecular weight is 284 g/mol. The van der Waals surface area contributed by atoms with E-state index in [1.807, 2.05) is 62.4 Å². The highest BCUT2D eigenvalue weighted by molar-refractivity contribution is 5.67. The zero-order chi connectivity index (χ0) is 15.2. The van der Waals surface area contributed by atoms with E-state index in [4.69, 9.17) is 5.11 Å². The molecule has 0 aliphatic carbocycles. The summed E-state index contributed by atoms with van der Waals surface area (Å²) in [5.41, 5.74) is 4.10. The first-order valence-electron chi connectivity index (χ1n) is 7.00. The molecule has 2 N–H and O–H groups in total. The van der Waals surface area contributed by atoms with E-state index in [-0.39, 0.29) is 0 Å². The first-order chi connectivity index (χ1) is 10.1. The molecule has 0 aliphatic rings. The number of nitrogens with one attached hydrogen (secondary N) is 1. The molecule has 0 fully saturated rings. The molecule has 4 heteroatoms. The number of benzene rings is 2. The van der Waals surface area contributed by atoms with Gasteiger partial charge in [-0.25, -0.2) is 4.79 Å². The van der Waals surface area contributed by atoms with Crippen LogP contribution in [-0.4, -0.2) is 22.6 Å². The minimum Gasteiger partial charge on any atom is -0.465 e. The topological polar surface area (TPSA) is 52.6 Å². The van der Waals surface area contributed by atoms with E-state index < -0.39 is 6.09 Å². The molecule has 0 atom stereocenters. The Balaban J connectivity index is 2.22. The van der Waals surface area contributed by atoms with E-state index in [0.29, 0.717) is 13.1 Å². The van der Waals surface area contributed by atoms with Crippen molar-refractivity contribution in [2.75, 3.05) is 11.9 Å². The second kappa shape index (κ2) is 6.79. The first kappa shape index (κ1) is 14.9. The molecule has 2 rings (SSSR count). The predicted octanol–water partition coefficient (Wildman–Crippen LogP) is 4.24. The van der Waals surface area contributed by atoms with Crippen LogP contribution in [0.4, 0.5) is 16.2 Å². The van der Waals surface area contributed by atoms with Crippen LogP contribution in [-0.2, 0) is 6.54 Å². The normalized spacial score (nSPS) is 10.2. The summed E-state index contributed by atoms with van der Waals surface area (Å²) in [6.07, 6.45) is -0.890. The molecule has 0 heterocycles. The van der Waals surface area contributed by atoms with Gasteiger partial charge in [0.2, 0.25) is 0 Å². The van der Waals surface area contributed by atoms with Crippen molar-refractivity contribution < 1.29 is 9.90 Å². The van der Waals surface area contributed by atoms with Gasteiger partial charge in [0, 0.05) is 24.5 Å². The van der Waals surface area contributed by atoms with Gasteiger partial charge in [-0.3, -0.25) is 0 Å². The Kier molecular flexibility index (Phi) is 4.82. The summed E-state index contributed by atoms with van der Waals surface area (Å²) in [4.78, 5) is 12.5. The molecule has 0 aliphatic heterocycles. The lowest BCUT2D eigenvalue weighted by atomic mass is 10.1. The van der Waals surface area contributed by atoms with E-state index in [2.05, 4.69) is 5.32 Å². The summed E-state index contributed by atoms with van der Waals surface area (Å²) in [6.45, 7) is 4.74. The monoisotopic (exact) mass is 284 g/mol. The maximum absolute atomic E-state index is 11.1. The highest BCUT2D eigenvalue weighted by atomic mass is 16.4. The van der Waals surface area contributed by atoms with Gasteiger partial charge in [0.25, 0.3) is 0 Å². The third-order valence-corrected chi connectivity index (χ3v) is 3.51. The Bertz CT molecular complexity index is 611. The van der Waals surface area contributed by atoms with Gasteiger partial charge in [-0.2, -0.15) is 0 Å². The number of hydrogen-bond acceptors (Lipinski definition) is 2. The molecular weight excluding hydrogens is 264 g/mol. The lowest BCUT2D eigenvalue weighted by Crippen LogP contribution is -2.28. The van der Waals surface area contributed by atoms with Crippen LogP contribution in [0.2, 0.25) is 0 Å². The van der Waals surface area contributed by atoms with Crippen molar-refractivity contribution in [3.05, 3.63) is 59.7 Å². The third kappa shape index (κ3) is 3.75. The van der Waals surface area contributed by atoms with Gasteiger partial charge < -0.3 is 15.3 Å². The molecule has 0 spiro atoms. The minimum absolute atomic E-state index is 0.405. The molecule has 0 bridgehead atoms. The smallest absolute Gasteiger partial charge is 0.407 e. The summed E-state index contributed by atoms with van der Waals surface area (Å²) in [6, 6.07) is 15.8. The van der Waals surface area contributed by atoms with Gasteiger partial charge in [0.1, 0.15) is 0 Å². The molecule has 2 aromatic carbocycles. The lowest BCUT2D eigenvalue weighted by molar-refractivity contribution is 0.145. The van der Waals surface area contributed by atoms with Gasteiger partial charge >= 0.3 is 6.09 Å². The molecular formula is C17H20N2O2. The van der Waals surface area contributed by atoms with E-state index in [1.54, 1.807) is 0 Å². The Morgan fingerprint density at radius 2 is 1.86 bits per heavy atom. The summed E-state index contributed by atoms with van der Waals surface area (Å²) in [5.74, 6) is 0. The molecule has 0 aromatic heterocycles. The van der Waals surface area contributed by atoms with Crippen molar-refractivity contribution in [2.45, 2.75) is 20.4 Å². The predicted molar refractivity (Wildman–Crippen MR) is 85.0 cm³/mol. The lowest BCUT2D eigenvalue weighted by Gasteiger charge is -2.20. The van der Waals surface area contributed by atoms with Crippen LogP contribution in [0, 0.1) is 6.92 Å². The standard InChI is InChI=1S/C17H20N2O2/c1-3-19(17(20)21)12-14-8-7-11-16(13(14)2)18-15-9-5-4-6-10-15/h4-11,18H,3,12H2,1-2H3,(H,20,21). The van der Waals surface area contributed by atoms with Crippen LogP contribution >= 0.6 is 0 Å². The van der Waals surface area contributed by atoms with Crippen molar-refractivity contribution in [2.24, 2.45) is 0 Å². The quantitative estimate of drug-likeness (QED) is 0.863. The molecule has 2 aromatic rings. The van der Waals surface area contributed by atoms with Crippen LogP contribution in [0.3, 0.4) is 0 Å². The first-order valence-corrected chi connectivity index (χ1v) is 7.00. The molecule has 0 saturated heterocycles. The largest absolute Gasteiger partial charge is 0.465 e. The highest BCUT2D eigenvalue weighted by Gasteiger charge is 2.12. The van der Waals surface area contributed by atoms with Crippen LogP contribution in [0.5, 0.6) is 0 Å². The van der Waals surface area contributed by atoms with Crippen molar-refractivity contribution in [1.82, 2.24) is 4.90 Å². The van der Waals surface area contributed by atoms with Gasteiger partial charge in [0.15, 0.2) is 0 Å².